The SMILES string of the molecule is Cc1ccc(S(=O)(=O)c2cc3cc(C(=O)Nc4cc(C)cc(C)c4)ccc3oc2=O)cc1. The molecule has 162 valence electrons. The van der Waals surface area contributed by atoms with Crippen LogP contribution in [0.5, 0.6) is 0 Å². The quantitative estimate of drug-likeness (QED) is 0.454. The van der Waals surface area contributed by atoms with Crippen LogP contribution in [-0.4, -0.2) is 14.3 Å². The number of carbonyl (C=O) groups excluding carboxylic acids is 1. The summed E-state index contributed by atoms with van der Waals surface area (Å²) >= 11 is 0. The topological polar surface area (TPSA) is 93.4 Å². The molecule has 0 aliphatic rings. The van der Waals surface area contributed by atoms with E-state index in [4.69, 9.17) is 4.42 Å². The number of benzene rings is 3. The molecule has 0 fully saturated rings. The monoisotopic (exact) mass is 447 g/mol. The minimum atomic E-state index is -4.08. The molecule has 4 aromatic rings. The van der Waals surface area contributed by atoms with Crippen molar-refractivity contribution in [2.75, 3.05) is 5.32 Å². The number of fused-ring (bicyclic) bond motifs is 1. The molecule has 1 N–H and O–H groups in total. The lowest BCUT2D eigenvalue weighted by molar-refractivity contribution is 0.102. The third-order valence-corrected chi connectivity index (χ3v) is 6.82. The van der Waals surface area contributed by atoms with Gasteiger partial charge in [-0.2, -0.15) is 0 Å². The lowest BCUT2D eigenvalue weighted by Crippen LogP contribution is -2.15. The van der Waals surface area contributed by atoms with E-state index in [1.54, 1.807) is 12.1 Å². The molecule has 0 unspecified atom stereocenters. The van der Waals surface area contributed by atoms with Crippen molar-refractivity contribution in [3.05, 3.63) is 99.4 Å². The van der Waals surface area contributed by atoms with Crippen LogP contribution in [0, 0.1) is 20.8 Å². The van der Waals surface area contributed by atoms with Crippen molar-refractivity contribution in [3.63, 3.8) is 0 Å². The van der Waals surface area contributed by atoms with Crippen LogP contribution < -0.4 is 10.9 Å². The molecule has 0 aliphatic carbocycles. The summed E-state index contributed by atoms with van der Waals surface area (Å²) in [6.45, 7) is 5.72. The lowest BCUT2D eigenvalue weighted by atomic mass is 10.1. The van der Waals surface area contributed by atoms with E-state index < -0.39 is 20.4 Å². The van der Waals surface area contributed by atoms with E-state index in [-0.39, 0.29) is 16.4 Å². The molecule has 4 rings (SSSR count). The summed E-state index contributed by atoms with van der Waals surface area (Å²) in [6, 6.07) is 17.7. The summed E-state index contributed by atoms with van der Waals surface area (Å²) in [5.41, 5.74) is 3.15. The van der Waals surface area contributed by atoms with E-state index in [1.165, 1.54) is 36.4 Å². The molecule has 0 saturated carbocycles. The van der Waals surface area contributed by atoms with Gasteiger partial charge in [-0.05, 0) is 80.4 Å². The molecule has 7 heteroatoms. The Morgan fingerprint density at radius 2 is 1.47 bits per heavy atom. The highest BCUT2D eigenvalue weighted by Gasteiger charge is 2.23. The normalized spacial score (nSPS) is 11.5. The first kappa shape index (κ1) is 21.5. The zero-order valence-corrected chi connectivity index (χ0v) is 18.6. The number of hydrogen-bond acceptors (Lipinski definition) is 5. The predicted octanol–water partition coefficient (Wildman–Crippen LogP) is 4.80. The molecule has 0 radical (unpaired) electrons. The maximum absolute atomic E-state index is 13.0. The van der Waals surface area contributed by atoms with Gasteiger partial charge in [0.15, 0.2) is 4.90 Å². The number of rotatable bonds is 4. The van der Waals surface area contributed by atoms with E-state index in [0.717, 1.165) is 16.7 Å². The highest BCUT2D eigenvalue weighted by Crippen LogP contribution is 2.24. The molecule has 1 aromatic heterocycles. The minimum Gasteiger partial charge on any atom is -0.422 e. The molecule has 0 spiro atoms. The highest BCUT2D eigenvalue weighted by molar-refractivity contribution is 7.91. The van der Waals surface area contributed by atoms with Gasteiger partial charge in [-0.3, -0.25) is 4.79 Å². The second kappa shape index (κ2) is 8.09. The van der Waals surface area contributed by atoms with Crippen molar-refractivity contribution in [1.82, 2.24) is 0 Å². The maximum Gasteiger partial charge on any atom is 0.355 e. The number of anilines is 1. The largest absolute Gasteiger partial charge is 0.422 e. The predicted molar refractivity (Wildman–Crippen MR) is 123 cm³/mol. The van der Waals surface area contributed by atoms with Crippen molar-refractivity contribution in [3.8, 4) is 0 Å². The number of carbonyl (C=O) groups is 1. The third kappa shape index (κ3) is 4.20. The average Bonchev–Trinajstić information content (AvgIpc) is 2.72. The fourth-order valence-corrected chi connectivity index (χ4v) is 4.82. The van der Waals surface area contributed by atoms with Crippen LogP contribution in [0.4, 0.5) is 5.69 Å². The van der Waals surface area contributed by atoms with Crippen LogP contribution in [0.3, 0.4) is 0 Å². The Morgan fingerprint density at radius 3 is 2.12 bits per heavy atom. The Balaban J connectivity index is 1.74. The van der Waals surface area contributed by atoms with E-state index >= 15 is 0 Å². The molecule has 0 atom stereocenters. The summed E-state index contributed by atoms with van der Waals surface area (Å²) in [5, 5.41) is 3.18. The first-order valence-electron chi connectivity index (χ1n) is 9.93. The number of sulfone groups is 1. The minimum absolute atomic E-state index is 0.00142. The fourth-order valence-electron chi connectivity index (χ4n) is 3.53. The molecule has 3 aromatic carbocycles. The van der Waals surface area contributed by atoms with E-state index in [2.05, 4.69) is 5.32 Å². The fraction of sp³-hybridized carbons (Fsp3) is 0.120. The number of nitrogens with one attached hydrogen (secondary N) is 1. The Kier molecular flexibility index (Phi) is 5.44. The second-order valence-corrected chi connectivity index (χ2v) is 9.72. The standard InChI is InChI=1S/C25H21NO5S/c1-15-4-7-21(8-5-15)32(29,30)23-14-19-13-18(6-9-22(19)31-25(23)28)24(27)26-20-11-16(2)10-17(3)12-20/h4-14H,1-3H3,(H,26,27). The summed E-state index contributed by atoms with van der Waals surface area (Å²) in [5.74, 6) is -0.356. The van der Waals surface area contributed by atoms with Crippen LogP contribution in [0.1, 0.15) is 27.0 Å². The van der Waals surface area contributed by atoms with Gasteiger partial charge in [0.2, 0.25) is 9.84 Å². The molecular formula is C25H21NO5S. The number of amides is 1. The summed E-state index contributed by atoms with van der Waals surface area (Å²) < 4.78 is 31.2. The van der Waals surface area contributed by atoms with Gasteiger partial charge in [0, 0.05) is 16.6 Å². The highest BCUT2D eigenvalue weighted by atomic mass is 32.2. The Morgan fingerprint density at radius 1 is 0.812 bits per heavy atom. The zero-order chi connectivity index (χ0) is 23.0. The second-order valence-electron chi connectivity index (χ2n) is 7.80. The lowest BCUT2D eigenvalue weighted by Gasteiger charge is -2.09. The maximum atomic E-state index is 13.0. The van der Waals surface area contributed by atoms with Gasteiger partial charge in [0.1, 0.15) is 5.58 Å². The molecule has 0 saturated heterocycles. The molecule has 32 heavy (non-hydrogen) atoms. The van der Waals surface area contributed by atoms with Crippen molar-refractivity contribution in [2.45, 2.75) is 30.6 Å². The molecular weight excluding hydrogens is 426 g/mol. The van der Waals surface area contributed by atoms with Crippen LogP contribution in [-0.2, 0) is 9.84 Å². The van der Waals surface area contributed by atoms with E-state index in [0.29, 0.717) is 16.6 Å². The van der Waals surface area contributed by atoms with E-state index in [9.17, 15) is 18.0 Å². The van der Waals surface area contributed by atoms with Gasteiger partial charge in [-0.25, -0.2) is 13.2 Å². The van der Waals surface area contributed by atoms with Gasteiger partial charge in [0.25, 0.3) is 5.91 Å². The number of hydrogen-bond donors (Lipinski definition) is 1. The van der Waals surface area contributed by atoms with Crippen molar-refractivity contribution >= 4 is 32.4 Å². The smallest absolute Gasteiger partial charge is 0.355 e. The van der Waals surface area contributed by atoms with Gasteiger partial charge < -0.3 is 9.73 Å². The van der Waals surface area contributed by atoms with Crippen molar-refractivity contribution < 1.29 is 17.6 Å². The Hall–Kier alpha value is -3.71. The summed E-state index contributed by atoms with van der Waals surface area (Å²) in [7, 11) is -4.08. The van der Waals surface area contributed by atoms with Crippen molar-refractivity contribution in [1.29, 1.82) is 0 Å². The van der Waals surface area contributed by atoms with Crippen LogP contribution in [0.15, 0.2) is 85.7 Å². The first-order chi connectivity index (χ1) is 15.1. The molecule has 6 nitrogen and oxygen atoms in total. The Bertz CT molecular complexity index is 1500. The third-order valence-electron chi connectivity index (χ3n) is 5.06. The van der Waals surface area contributed by atoms with Crippen LogP contribution >= 0.6 is 0 Å². The number of aryl methyl sites for hydroxylation is 3. The molecule has 1 amide bonds. The average molecular weight is 448 g/mol. The van der Waals surface area contributed by atoms with Gasteiger partial charge >= 0.3 is 5.63 Å². The summed E-state index contributed by atoms with van der Waals surface area (Å²) in [4.78, 5) is 24.7. The van der Waals surface area contributed by atoms with Gasteiger partial charge in [0.05, 0.1) is 4.90 Å². The Labute approximate surface area is 185 Å². The molecule has 0 bridgehead atoms. The molecule has 0 aliphatic heterocycles. The van der Waals surface area contributed by atoms with Gasteiger partial charge in [-0.15, -0.1) is 0 Å². The van der Waals surface area contributed by atoms with Gasteiger partial charge in [-0.1, -0.05) is 23.8 Å². The zero-order valence-electron chi connectivity index (χ0n) is 17.8. The summed E-state index contributed by atoms with van der Waals surface area (Å²) in [6.07, 6.45) is 0. The van der Waals surface area contributed by atoms with Crippen LogP contribution in [0.2, 0.25) is 0 Å². The van der Waals surface area contributed by atoms with Crippen molar-refractivity contribution in [2.24, 2.45) is 0 Å². The van der Waals surface area contributed by atoms with Crippen LogP contribution in [0.25, 0.3) is 11.0 Å². The first-order valence-corrected chi connectivity index (χ1v) is 11.4. The molecule has 1 heterocycles. The van der Waals surface area contributed by atoms with E-state index in [1.807, 2.05) is 39.0 Å².